The van der Waals surface area contributed by atoms with E-state index in [1.807, 2.05) is 11.4 Å². The highest BCUT2D eigenvalue weighted by atomic mass is 32.1. The van der Waals surface area contributed by atoms with Crippen molar-refractivity contribution in [3.63, 3.8) is 0 Å². The fourth-order valence-electron chi connectivity index (χ4n) is 1.18. The Morgan fingerprint density at radius 3 is 3.00 bits per heavy atom. The van der Waals surface area contributed by atoms with Crippen molar-refractivity contribution in [2.45, 2.75) is 19.3 Å². The van der Waals surface area contributed by atoms with Crippen molar-refractivity contribution in [2.24, 2.45) is 10.9 Å². The zero-order chi connectivity index (χ0) is 11.8. The molecule has 1 rings (SSSR count). The van der Waals surface area contributed by atoms with Crippen LogP contribution >= 0.6 is 11.3 Å². The Bertz CT molecular complexity index is 349. The summed E-state index contributed by atoms with van der Waals surface area (Å²) in [7, 11) is 0. The van der Waals surface area contributed by atoms with Crippen LogP contribution in [0.15, 0.2) is 22.7 Å². The second-order valence-electron chi connectivity index (χ2n) is 3.28. The largest absolute Gasteiger partial charge is 0.409 e. The standard InChI is InChI=1S/C10H15N3O2S/c11-9(13-15)5-1-2-6-12-10(14)8-4-3-7-16-8/h3-4,7,15H,1-2,5-6H2,(H2,11,13)(H,12,14). The van der Waals surface area contributed by atoms with Crippen LogP contribution in [0.4, 0.5) is 0 Å². The monoisotopic (exact) mass is 241 g/mol. The molecule has 0 aliphatic rings. The number of oxime groups is 1. The minimum absolute atomic E-state index is 0.0428. The van der Waals surface area contributed by atoms with Gasteiger partial charge in [-0.15, -0.1) is 11.3 Å². The summed E-state index contributed by atoms with van der Waals surface area (Å²) in [5, 5.41) is 15.8. The van der Waals surface area contributed by atoms with Gasteiger partial charge in [-0.3, -0.25) is 4.79 Å². The third kappa shape index (κ3) is 4.31. The van der Waals surface area contributed by atoms with E-state index in [0.29, 0.717) is 13.0 Å². The molecule has 1 heterocycles. The van der Waals surface area contributed by atoms with Gasteiger partial charge in [0.25, 0.3) is 5.91 Å². The Morgan fingerprint density at radius 1 is 1.56 bits per heavy atom. The zero-order valence-electron chi connectivity index (χ0n) is 8.85. The van der Waals surface area contributed by atoms with E-state index >= 15 is 0 Å². The number of carbonyl (C=O) groups is 1. The van der Waals surface area contributed by atoms with Crippen molar-refractivity contribution in [1.29, 1.82) is 0 Å². The molecule has 0 saturated carbocycles. The fraction of sp³-hybridized carbons (Fsp3) is 0.400. The van der Waals surface area contributed by atoms with Gasteiger partial charge < -0.3 is 16.3 Å². The lowest BCUT2D eigenvalue weighted by atomic mass is 10.2. The molecular weight excluding hydrogens is 226 g/mol. The Hall–Kier alpha value is -1.56. The van der Waals surface area contributed by atoms with Crippen molar-refractivity contribution in [1.82, 2.24) is 5.32 Å². The number of thiophene rings is 1. The first kappa shape index (κ1) is 12.5. The summed E-state index contributed by atoms with van der Waals surface area (Å²) in [4.78, 5) is 12.2. The van der Waals surface area contributed by atoms with Gasteiger partial charge in [-0.25, -0.2) is 0 Å². The van der Waals surface area contributed by atoms with E-state index in [4.69, 9.17) is 10.9 Å². The smallest absolute Gasteiger partial charge is 0.261 e. The third-order valence-corrected chi connectivity index (χ3v) is 2.89. The number of carbonyl (C=O) groups excluding carboxylic acids is 1. The number of amidine groups is 1. The highest BCUT2D eigenvalue weighted by Crippen LogP contribution is 2.07. The lowest BCUT2D eigenvalue weighted by molar-refractivity contribution is 0.0957. The molecule has 0 atom stereocenters. The molecular formula is C10H15N3O2S. The number of nitrogens with two attached hydrogens (primary N) is 1. The average Bonchev–Trinajstić information content (AvgIpc) is 2.81. The van der Waals surface area contributed by atoms with Gasteiger partial charge in [-0.1, -0.05) is 11.2 Å². The number of amides is 1. The summed E-state index contributed by atoms with van der Waals surface area (Å²) in [6.45, 7) is 0.607. The van der Waals surface area contributed by atoms with Crippen molar-refractivity contribution < 1.29 is 10.0 Å². The maximum atomic E-state index is 11.5. The quantitative estimate of drug-likeness (QED) is 0.231. The van der Waals surface area contributed by atoms with Crippen LogP contribution in [0.5, 0.6) is 0 Å². The van der Waals surface area contributed by atoms with E-state index in [1.165, 1.54) is 11.3 Å². The molecule has 5 nitrogen and oxygen atoms in total. The molecule has 4 N–H and O–H groups in total. The molecule has 0 fully saturated rings. The van der Waals surface area contributed by atoms with Crippen LogP contribution in [0.3, 0.4) is 0 Å². The molecule has 6 heteroatoms. The molecule has 0 saturated heterocycles. The first-order chi connectivity index (χ1) is 7.74. The van der Waals surface area contributed by atoms with Gasteiger partial charge in [0.1, 0.15) is 5.84 Å². The van der Waals surface area contributed by atoms with Gasteiger partial charge in [0.2, 0.25) is 0 Å². The number of rotatable bonds is 6. The first-order valence-corrected chi connectivity index (χ1v) is 5.90. The summed E-state index contributed by atoms with van der Waals surface area (Å²) in [6, 6.07) is 3.63. The van der Waals surface area contributed by atoms with Gasteiger partial charge in [-0.2, -0.15) is 0 Å². The molecule has 0 aliphatic carbocycles. The minimum atomic E-state index is -0.0428. The number of hydrogen-bond acceptors (Lipinski definition) is 4. The molecule has 1 aromatic rings. The van der Waals surface area contributed by atoms with Crippen LogP contribution in [0.1, 0.15) is 28.9 Å². The maximum absolute atomic E-state index is 11.5. The lowest BCUT2D eigenvalue weighted by Crippen LogP contribution is -2.23. The first-order valence-electron chi connectivity index (χ1n) is 5.02. The van der Waals surface area contributed by atoms with Crippen LogP contribution in [0.2, 0.25) is 0 Å². The normalized spacial score (nSPS) is 11.4. The number of hydrogen-bond donors (Lipinski definition) is 3. The van der Waals surface area contributed by atoms with Crippen molar-refractivity contribution >= 4 is 23.1 Å². The van der Waals surface area contributed by atoms with E-state index in [9.17, 15) is 4.79 Å². The van der Waals surface area contributed by atoms with E-state index < -0.39 is 0 Å². The molecule has 0 unspecified atom stereocenters. The average molecular weight is 241 g/mol. The van der Waals surface area contributed by atoms with Crippen LogP contribution in [0.25, 0.3) is 0 Å². The summed E-state index contributed by atoms with van der Waals surface area (Å²) >= 11 is 1.42. The SMILES string of the molecule is NC(CCCCNC(=O)c1cccs1)=NO. The van der Waals surface area contributed by atoms with Gasteiger partial charge >= 0.3 is 0 Å². The summed E-state index contributed by atoms with van der Waals surface area (Å²) in [5.74, 6) is 0.184. The molecule has 88 valence electrons. The van der Waals surface area contributed by atoms with E-state index in [0.717, 1.165) is 17.7 Å². The Balaban J connectivity index is 2.10. The molecule has 0 spiro atoms. The lowest BCUT2D eigenvalue weighted by Gasteiger charge is -2.02. The molecule has 0 aromatic carbocycles. The van der Waals surface area contributed by atoms with Crippen LogP contribution in [-0.2, 0) is 0 Å². The molecule has 0 aliphatic heterocycles. The van der Waals surface area contributed by atoms with E-state index in [-0.39, 0.29) is 11.7 Å². The van der Waals surface area contributed by atoms with Crippen molar-refractivity contribution in [3.05, 3.63) is 22.4 Å². The van der Waals surface area contributed by atoms with Gasteiger partial charge in [-0.05, 0) is 24.3 Å². The van der Waals surface area contributed by atoms with Crippen LogP contribution < -0.4 is 11.1 Å². The second kappa shape index (κ2) is 6.84. The summed E-state index contributed by atoms with van der Waals surface area (Å²) in [6.07, 6.45) is 2.15. The predicted octanol–water partition coefficient (Wildman–Crippen LogP) is 1.39. The molecule has 1 aromatic heterocycles. The predicted molar refractivity (Wildman–Crippen MR) is 63.9 cm³/mol. The Labute approximate surface area is 98.0 Å². The van der Waals surface area contributed by atoms with Gasteiger partial charge in [0.15, 0.2) is 0 Å². The zero-order valence-corrected chi connectivity index (χ0v) is 9.67. The van der Waals surface area contributed by atoms with Gasteiger partial charge in [0.05, 0.1) is 4.88 Å². The fourth-order valence-corrected chi connectivity index (χ4v) is 1.82. The Morgan fingerprint density at radius 2 is 2.38 bits per heavy atom. The van der Waals surface area contributed by atoms with E-state index in [2.05, 4.69) is 10.5 Å². The van der Waals surface area contributed by atoms with Gasteiger partial charge in [0, 0.05) is 13.0 Å². The highest BCUT2D eigenvalue weighted by molar-refractivity contribution is 7.12. The molecule has 0 bridgehead atoms. The third-order valence-electron chi connectivity index (χ3n) is 2.02. The Kier molecular flexibility index (Phi) is 5.35. The number of nitrogens with zero attached hydrogens (tertiary/aromatic N) is 1. The van der Waals surface area contributed by atoms with Crippen molar-refractivity contribution in [2.75, 3.05) is 6.54 Å². The van der Waals surface area contributed by atoms with E-state index in [1.54, 1.807) is 6.07 Å². The van der Waals surface area contributed by atoms with Crippen LogP contribution in [-0.4, -0.2) is 23.5 Å². The second-order valence-corrected chi connectivity index (χ2v) is 4.23. The maximum Gasteiger partial charge on any atom is 0.261 e. The van der Waals surface area contributed by atoms with Crippen molar-refractivity contribution in [3.8, 4) is 0 Å². The molecule has 16 heavy (non-hydrogen) atoms. The van der Waals surface area contributed by atoms with Crippen LogP contribution in [0, 0.1) is 0 Å². The highest BCUT2D eigenvalue weighted by Gasteiger charge is 2.04. The number of unbranched alkanes of at least 4 members (excludes halogenated alkanes) is 1. The summed E-state index contributed by atoms with van der Waals surface area (Å²) in [5.41, 5.74) is 5.31. The topological polar surface area (TPSA) is 87.7 Å². The molecule has 0 radical (unpaired) electrons. The molecule has 1 amide bonds. The summed E-state index contributed by atoms with van der Waals surface area (Å²) < 4.78 is 0. The number of nitrogens with one attached hydrogen (secondary N) is 1. The minimum Gasteiger partial charge on any atom is -0.409 e.